The van der Waals surface area contributed by atoms with Crippen molar-refractivity contribution >= 4 is 34.6 Å². The number of azo groups is 1. The number of rotatable bonds is 3. The zero-order valence-electron chi connectivity index (χ0n) is 8.79. The van der Waals surface area contributed by atoms with Gasteiger partial charge in [0.25, 0.3) is 0 Å². The topological polar surface area (TPSA) is 50.0 Å². The van der Waals surface area contributed by atoms with Crippen molar-refractivity contribution < 1.29 is 0 Å². The second-order valence-electron chi connectivity index (χ2n) is 3.15. The van der Waals surface area contributed by atoms with Crippen LogP contribution in [-0.2, 0) is 0 Å². The van der Waals surface area contributed by atoms with Crippen molar-refractivity contribution in [3.05, 3.63) is 35.3 Å². The predicted molar refractivity (Wildman–Crippen MR) is 66.7 cm³/mol. The molecule has 0 fully saturated rings. The first-order valence-corrected chi connectivity index (χ1v) is 5.56. The highest BCUT2D eigenvalue weighted by Crippen LogP contribution is 2.23. The van der Waals surface area contributed by atoms with Crippen LogP contribution in [0.25, 0.3) is 0 Å². The van der Waals surface area contributed by atoms with Crippen LogP contribution in [0, 0.1) is 6.92 Å². The third-order valence-corrected chi connectivity index (χ3v) is 2.73. The Morgan fingerprint density at radius 3 is 2.38 bits per heavy atom. The minimum absolute atomic E-state index is 0.670. The standard InChI is InChI=1S/C11H10N4S/c1-8-7-16-11(13-8)15-14-10-5-3-9(12-2)4-6-10/h3-7H,2H2,1H3/b15-14+. The maximum absolute atomic E-state index is 4.19. The molecule has 0 saturated carbocycles. The third-order valence-electron chi connectivity index (χ3n) is 1.89. The summed E-state index contributed by atoms with van der Waals surface area (Å²) in [5.41, 5.74) is 2.56. The van der Waals surface area contributed by atoms with Crippen molar-refractivity contribution in [3.8, 4) is 0 Å². The van der Waals surface area contributed by atoms with E-state index in [2.05, 4.69) is 26.9 Å². The van der Waals surface area contributed by atoms with Crippen LogP contribution in [0.2, 0.25) is 0 Å². The summed E-state index contributed by atoms with van der Waals surface area (Å²) in [5.74, 6) is 0. The van der Waals surface area contributed by atoms with Gasteiger partial charge in [-0.2, -0.15) is 0 Å². The summed E-state index contributed by atoms with van der Waals surface area (Å²) in [7, 11) is 0. The SMILES string of the molecule is C=Nc1ccc(/N=N/c2nc(C)cs2)cc1. The highest BCUT2D eigenvalue weighted by atomic mass is 32.1. The molecule has 1 heterocycles. The number of aryl methyl sites for hydroxylation is 1. The van der Waals surface area contributed by atoms with E-state index < -0.39 is 0 Å². The van der Waals surface area contributed by atoms with E-state index in [4.69, 9.17) is 0 Å². The summed E-state index contributed by atoms with van der Waals surface area (Å²) in [6.45, 7) is 5.38. The van der Waals surface area contributed by atoms with Crippen molar-refractivity contribution in [2.75, 3.05) is 0 Å². The minimum atomic E-state index is 0.670. The van der Waals surface area contributed by atoms with Crippen LogP contribution in [0.4, 0.5) is 16.5 Å². The average molecular weight is 230 g/mol. The fourth-order valence-corrected chi connectivity index (χ4v) is 1.73. The van der Waals surface area contributed by atoms with Gasteiger partial charge >= 0.3 is 0 Å². The summed E-state index contributed by atoms with van der Waals surface area (Å²) >= 11 is 1.48. The molecule has 16 heavy (non-hydrogen) atoms. The molecule has 2 rings (SSSR count). The first-order valence-electron chi connectivity index (χ1n) is 4.68. The number of hydrogen-bond donors (Lipinski definition) is 0. The quantitative estimate of drug-likeness (QED) is 0.575. The minimum Gasteiger partial charge on any atom is -0.265 e. The molecule has 0 unspecified atom stereocenters. The lowest BCUT2D eigenvalue weighted by atomic mass is 10.3. The molecule has 80 valence electrons. The molecule has 5 heteroatoms. The Morgan fingerprint density at radius 1 is 1.12 bits per heavy atom. The third kappa shape index (κ3) is 2.58. The Morgan fingerprint density at radius 2 is 1.81 bits per heavy atom. The van der Waals surface area contributed by atoms with Crippen LogP contribution in [0.5, 0.6) is 0 Å². The molecular formula is C11H10N4S. The molecule has 1 aromatic heterocycles. The number of aromatic nitrogens is 1. The highest BCUT2D eigenvalue weighted by molar-refractivity contribution is 7.13. The van der Waals surface area contributed by atoms with Gasteiger partial charge < -0.3 is 0 Å². The predicted octanol–water partition coefficient (Wildman–Crippen LogP) is 4.20. The van der Waals surface area contributed by atoms with E-state index in [0.29, 0.717) is 5.13 Å². The van der Waals surface area contributed by atoms with Crippen LogP contribution >= 0.6 is 11.3 Å². The van der Waals surface area contributed by atoms with Gasteiger partial charge in [-0.25, -0.2) is 4.98 Å². The van der Waals surface area contributed by atoms with E-state index in [-0.39, 0.29) is 0 Å². The van der Waals surface area contributed by atoms with Crippen LogP contribution in [-0.4, -0.2) is 11.7 Å². The molecule has 0 radical (unpaired) electrons. The van der Waals surface area contributed by atoms with Gasteiger partial charge in [0.1, 0.15) is 0 Å². The van der Waals surface area contributed by atoms with Gasteiger partial charge in [0.15, 0.2) is 0 Å². The first kappa shape index (κ1) is 10.6. The molecule has 0 saturated heterocycles. The summed E-state index contributed by atoms with van der Waals surface area (Å²) in [4.78, 5) is 7.99. The Bertz CT molecular complexity index is 513. The number of nitrogens with zero attached hydrogens (tertiary/aromatic N) is 4. The Labute approximate surface area is 97.4 Å². The fraction of sp³-hybridized carbons (Fsp3) is 0.0909. The van der Waals surface area contributed by atoms with Gasteiger partial charge in [-0.15, -0.1) is 21.6 Å². The van der Waals surface area contributed by atoms with E-state index >= 15 is 0 Å². The molecule has 2 aromatic rings. The second-order valence-corrected chi connectivity index (χ2v) is 3.98. The maximum Gasteiger partial charge on any atom is 0.230 e. The summed E-state index contributed by atoms with van der Waals surface area (Å²) in [5, 5.41) is 10.7. The van der Waals surface area contributed by atoms with Gasteiger partial charge in [-0.05, 0) is 37.9 Å². The Kier molecular flexibility index (Phi) is 3.16. The maximum atomic E-state index is 4.19. The zero-order valence-corrected chi connectivity index (χ0v) is 9.61. The van der Waals surface area contributed by atoms with Crippen LogP contribution in [0.1, 0.15) is 5.69 Å². The summed E-state index contributed by atoms with van der Waals surface area (Å²) in [6.07, 6.45) is 0. The molecule has 1 aromatic carbocycles. The molecule has 0 aliphatic rings. The van der Waals surface area contributed by atoms with E-state index in [1.54, 1.807) is 0 Å². The molecule has 4 nitrogen and oxygen atoms in total. The molecule has 0 aliphatic heterocycles. The Balaban J connectivity index is 2.14. The van der Waals surface area contributed by atoms with E-state index in [1.807, 2.05) is 36.6 Å². The Hall–Kier alpha value is -1.88. The van der Waals surface area contributed by atoms with Gasteiger partial charge in [-0.1, -0.05) is 0 Å². The number of hydrogen-bond acceptors (Lipinski definition) is 5. The van der Waals surface area contributed by atoms with Crippen molar-refractivity contribution in [1.29, 1.82) is 0 Å². The van der Waals surface area contributed by atoms with Crippen molar-refractivity contribution in [3.63, 3.8) is 0 Å². The van der Waals surface area contributed by atoms with Crippen LogP contribution in [0.3, 0.4) is 0 Å². The van der Waals surface area contributed by atoms with Gasteiger partial charge in [0.05, 0.1) is 17.1 Å². The lowest BCUT2D eigenvalue weighted by Crippen LogP contribution is -1.66. The monoisotopic (exact) mass is 230 g/mol. The van der Waals surface area contributed by atoms with Gasteiger partial charge in [0, 0.05) is 5.38 Å². The van der Waals surface area contributed by atoms with E-state index in [0.717, 1.165) is 17.1 Å². The van der Waals surface area contributed by atoms with Gasteiger partial charge in [-0.3, -0.25) is 4.99 Å². The number of thiazole rings is 1. The van der Waals surface area contributed by atoms with E-state index in [1.165, 1.54) is 11.3 Å². The lowest BCUT2D eigenvalue weighted by Gasteiger charge is -1.92. The second kappa shape index (κ2) is 4.76. The number of aliphatic imine (C=N–C) groups is 1. The molecular weight excluding hydrogens is 220 g/mol. The van der Waals surface area contributed by atoms with Crippen LogP contribution < -0.4 is 0 Å². The molecule has 0 spiro atoms. The molecule has 0 amide bonds. The molecule has 0 aliphatic carbocycles. The first-order chi connectivity index (χ1) is 7.78. The zero-order chi connectivity index (χ0) is 11.4. The van der Waals surface area contributed by atoms with Crippen molar-refractivity contribution in [2.24, 2.45) is 15.2 Å². The highest BCUT2D eigenvalue weighted by Gasteiger charge is 1.95. The molecule has 0 bridgehead atoms. The van der Waals surface area contributed by atoms with Crippen molar-refractivity contribution in [2.45, 2.75) is 6.92 Å². The van der Waals surface area contributed by atoms with Gasteiger partial charge in [0.2, 0.25) is 5.13 Å². The number of benzene rings is 1. The van der Waals surface area contributed by atoms with Crippen molar-refractivity contribution in [1.82, 2.24) is 4.98 Å². The normalized spacial score (nSPS) is 10.8. The van der Waals surface area contributed by atoms with Crippen LogP contribution in [0.15, 0.2) is 44.9 Å². The van der Waals surface area contributed by atoms with E-state index in [9.17, 15) is 0 Å². The summed E-state index contributed by atoms with van der Waals surface area (Å²) < 4.78 is 0. The average Bonchev–Trinajstić information content (AvgIpc) is 2.73. The lowest BCUT2D eigenvalue weighted by molar-refractivity contribution is 1.16. The molecule has 0 atom stereocenters. The largest absolute Gasteiger partial charge is 0.265 e. The molecule has 0 N–H and O–H groups in total. The fourth-order valence-electron chi connectivity index (χ4n) is 1.11. The smallest absolute Gasteiger partial charge is 0.230 e. The summed E-state index contributed by atoms with van der Waals surface area (Å²) in [6, 6.07) is 7.37.